The van der Waals surface area contributed by atoms with E-state index in [0.717, 1.165) is 22.2 Å². The van der Waals surface area contributed by atoms with Crippen LogP contribution in [0.4, 0.5) is 5.82 Å². The Morgan fingerprint density at radius 3 is 2.71 bits per heavy atom. The lowest BCUT2D eigenvalue weighted by atomic mass is 9.97. The number of nitrogens with zero attached hydrogens (tertiary/aromatic N) is 2. The van der Waals surface area contributed by atoms with Crippen LogP contribution in [0.5, 0.6) is 0 Å². The van der Waals surface area contributed by atoms with Crippen molar-refractivity contribution in [2.45, 2.75) is 43.8 Å². The predicted molar refractivity (Wildman–Crippen MR) is 104 cm³/mol. The van der Waals surface area contributed by atoms with Gasteiger partial charge in [0.05, 0.1) is 5.39 Å². The average molecular weight is 356 g/mol. The monoisotopic (exact) mass is 355 g/mol. The van der Waals surface area contributed by atoms with E-state index >= 15 is 0 Å². The van der Waals surface area contributed by atoms with Crippen LogP contribution in [-0.4, -0.2) is 16.2 Å². The molecule has 0 saturated carbocycles. The number of rotatable bonds is 4. The van der Waals surface area contributed by atoms with Crippen molar-refractivity contribution in [2.24, 2.45) is 0 Å². The third-order valence-electron chi connectivity index (χ3n) is 4.63. The first kappa shape index (κ1) is 15.9. The Hall–Kier alpha value is -1.59. The Balaban J connectivity index is 1.79. The molecule has 1 aliphatic carbocycles. The molecule has 2 heterocycles. The minimum absolute atomic E-state index is 0.221. The van der Waals surface area contributed by atoms with Gasteiger partial charge >= 0.3 is 0 Å². The normalized spacial score (nSPS) is 15.2. The van der Waals surface area contributed by atoms with Crippen molar-refractivity contribution in [1.82, 2.24) is 9.97 Å². The van der Waals surface area contributed by atoms with Crippen molar-refractivity contribution < 1.29 is 0 Å². The lowest BCUT2D eigenvalue weighted by Gasteiger charge is -2.17. The molecule has 1 aromatic carbocycles. The number of nitrogens with one attached hydrogen (secondary N) is 1. The molecule has 5 heteroatoms. The van der Waals surface area contributed by atoms with Gasteiger partial charge in [-0.1, -0.05) is 42.1 Å². The van der Waals surface area contributed by atoms with Crippen LogP contribution in [0.25, 0.3) is 10.2 Å². The van der Waals surface area contributed by atoms with E-state index in [1.165, 1.54) is 40.7 Å². The van der Waals surface area contributed by atoms with Crippen LogP contribution in [-0.2, 0) is 12.8 Å². The third-order valence-corrected chi connectivity index (χ3v) is 6.36. The molecule has 1 unspecified atom stereocenters. The fourth-order valence-electron chi connectivity index (χ4n) is 3.36. The number of hydrogen-bond donors (Lipinski definition) is 1. The Bertz CT molecular complexity index is 858. The number of hydrogen-bond acceptors (Lipinski definition) is 5. The number of fused-ring (bicyclic) bond motifs is 3. The van der Waals surface area contributed by atoms with Gasteiger partial charge in [0.25, 0.3) is 0 Å². The third kappa shape index (κ3) is 2.91. The van der Waals surface area contributed by atoms with Gasteiger partial charge in [-0.05, 0) is 50.0 Å². The van der Waals surface area contributed by atoms with Gasteiger partial charge in [-0.2, -0.15) is 0 Å². The smallest absolute Gasteiger partial charge is 0.190 e. The molecule has 0 fully saturated rings. The number of aryl methyl sites for hydroxylation is 2. The molecular weight excluding hydrogens is 334 g/mol. The molecule has 0 bridgehead atoms. The highest BCUT2D eigenvalue weighted by Gasteiger charge is 2.22. The van der Waals surface area contributed by atoms with Gasteiger partial charge in [-0.25, -0.2) is 9.97 Å². The van der Waals surface area contributed by atoms with Crippen molar-refractivity contribution >= 4 is 39.1 Å². The van der Waals surface area contributed by atoms with Gasteiger partial charge in [0.15, 0.2) is 5.16 Å². The molecule has 0 spiro atoms. The molecular formula is C19H21N3S2. The van der Waals surface area contributed by atoms with E-state index in [9.17, 15) is 0 Å². The summed E-state index contributed by atoms with van der Waals surface area (Å²) in [6.45, 7) is 2.20. The second-order valence-electron chi connectivity index (χ2n) is 6.23. The van der Waals surface area contributed by atoms with E-state index in [1.807, 2.05) is 17.6 Å². The Labute approximate surface area is 150 Å². The van der Waals surface area contributed by atoms with Crippen molar-refractivity contribution in [3.63, 3.8) is 0 Å². The zero-order chi connectivity index (χ0) is 16.5. The summed E-state index contributed by atoms with van der Waals surface area (Å²) in [7, 11) is 0. The number of benzene rings is 1. The molecule has 3 aromatic rings. The summed E-state index contributed by atoms with van der Waals surface area (Å²) >= 11 is 3.47. The topological polar surface area (TPSA) is 37.8 Å². The quantitative estimate of drug-likeness (QED) is 0.498. The van der Waals surface area contributed by atoms with E-state index in [4.69, 9.17) is 9.97 Å². The van der Waals surface area contributed by atoms with Crippen LogP contribution < -0.4 is 5.32 Å². The van der Waals surface area contributed by atoms with Crippen LogP contribution in [0.2, 0.25) is 0 Å². The van der Waals surface area contributed by atoms with E-state index in [-0.39, 0.29) is 6.04 Å². The summed E-state index contributed by atoms with van der Waals surface area (Å²) < 4.78 is 0. The Morgan fingerprint density at radius 1 is 1.12 bits per heavy atom. The number of thioether (sulfide) groups is 1. The van der Waals surface area contributed by atoms with Crippen molar-refractivity contribution in [2.75, 3.05) is 11.6 Å². The molecule has 1 N–H and O–H groups in total. The molecule has 124 valence electrons. The summed E-state index contributed by atoms with van der Waals surface area (Å²) in [4.78, 5) is 12.2. The standard InChI is InChI=1S/C19H21N3S2/c1-12(13-8-4-3-5-9-13)20-17-16-14-10-6-7-11-15(14)24-18(16)22-19(21-17)23-2/h3-5,8-9,12H,6-7,10-11H2,1-2H3,(H,20,21,22). The number of anilines is 1. The molecule has 2 aromatic heterocycles. The highest BCUT2D eigenvalue weighted by molar-refractivity contribution is 7.98. The van der Waals surface area contributed by atoms with Gasteiger partial charge in [0.1, 0.15) is 10.6 Å². The van der Waals surface area contributed by atoms with E-state index < -0.39 is 0 Å². The van der Waals surface area contributed by atoms with Crippen LogP contribution in [0.15, 0.2) is 35.5 Å². The van der Waals surface area contributed by atoms with Crippen LogP contribution in [0.3, 0.4) is 0 Å². The fraction of sp³-hybridized carbons (Fsp3) is 0.368. The first-order valence-corrected chi connectivity index (χ1v) is 10.5. The Morgan fingerprint density at radius 2 is 1.92 bits per heavy atom. The maximum atomic E-state index is 4.81. The van der Waals surface area contributed by atoms with Gasteiger partial charge in [-0.15, -0.1) is 11.3 Å². The van der Waals surface area contributed by atoms with Gasteiger partial charge in [0.2, 0.25) is 0 Å². The molecule has 3 nitrogen and oxygen atoms in total. The summed E-state index contributed by atoms with van der Waals surface area (Å²) in [5.41, 5.74) is 2.76. The molecule has 0 aliphatic heterocycles. The Kier molecular flexibility index (Phi) is 4.46. The van der Waals surface area contributed by atoms with Crippen LogP contribution >= 0.6 is 23.1 Å². The zero-order valence-electron chi connectivity index (χ0n) is 14.0. The van der Waals surface area contributed by atoms with E-state index in [0.29, 0.717) is 0 Å². The molecule has 1 atom stereocenters. The highest BCUT2D eigenvalue weighted by Crippen LogP contribution is 2.40. The fourth-order valence-corrected chi connectivity index (χ4v) is 5.05. The summed E-state index contributed by atoms with van der Waals surface area (Å²) in [5.74, 6) is 1.00. The molecule has 0 saturated heterocycles. The molecule has 1 aliphatic rings. The van der Waals surface area contributed by atoms with Crippen molar-refractivity contribution in [1.29, 1.82) is 0 Å². The first-order valence-electron chi connectivity index (χ1n) is 8.44. The minimum Gasteiger partial charge on any atom is -0.363 e. The summed E-state index contributed by atoms with van der Waals surface area (Å²) in [6.07, 6.45) is 6.96. The van der Waals surface area contributed by atoms with Gasteiger partial charge < -0.3 is 5.32 Å². The maximum Gasteiger partial charge on any atom is 0.190 e. The molecule has 0 amide bonds. The van der Waals surface area contributed by atoms with Crippen LogP contribution in [0, 0.1) is 0 Å². The largest absolute Gasteiger partial charge is 0.363 e. The first-order chi connectivity index (χ1) is 11.8. The van der Waals surface area contributed by atoms with Gasteiger partial charge in [-0.3, -0.25) is 0 Å². The minimum atomic E-state index is 0.221. The van der Waals surface area contributed by atoms with E-state index in [1.54, 1.807) is 11.8 Å². The molecule has 4 rings (SSSR count). The van der Waals surface area contributed by atoms with Gasteiger partial charge in [0, 0.05) is 10.9 Å². The zero-order valence-corrected chi connectivity index (χ0v) is 15.6. The lowest BCUT2D eigenvalue weighted by Crippen LogP contribution is -2.10. The second-order valence-corrected chi connectivity index (χ2v) is 8.08. The predicted octanol–water partition coefficient (Wildman–Crippen LogP) is 5.47. The molecule has 0 radical (unpaired) electrons. The second kappa shape index (κ2) is 6.73. The number of thiophene rings is 1. The summed E-state index contributed by atoms with van der Waals surface area (Å²) in [5, 5.41) is 5.76. The lowest BCUT2D eigenvalue weighted by molar-refractivity contribution is 0.700. The van der Waals surface area contributed by atoms with Crippen molar-refractivity contribution in [3.8, 4) is 0 Å². The van der Waals surface area contributed by atoms with Crippen LogP contribution in [0.1, 0.15) is 41.8 Å². The number of aromatic nitrogens is 2. The van der Waals surface area contributed by atoms with E-state index in [2.05, 4.69) is 42.6 Å². The maximum absolute atomic E-state index is 4.81. The highest BCUT2D eigenvalue weighted by atomic mass is 32.2. The summed E-state index contributed by atoms with van der Waals surface area (Å²) in [6, 6.07) is 10.8. The average Bonchev–Trinajstić information content (AvgIpc) is 3.00. The SMILES string of the molecule is CSc1nc(NC(C)c2ccccc2)c2c3c(sc2n1)CCCC3. The van der Waals surface area contributed by atoms with Crippen molar-refractivity contribution in [3.05, 3.63) is 46.3 Å². The molecule has 24 heavy (non-hydrogen) atoms.